The lowest BCUT2D eigenvalue weighted by Gasteiger charge is -2.16. The summed E-state index contributed by atoms with van der Waals surface area (Å²) in [5, 5.41) is 0. The Morgan fingerprint density at radius 3 is 1.31 bits per heavy atom. The largest absolute Gasteiger partial charge is 0.306 e. The Bertz CT molecular complexity index is 109. The van der Waals surface area contributed by atoms with E-state index < -0.39 is 0 Å². The molecule has 0 amide bonds. The first-order valence-corrected chi connectivity index (χ1v) is 7.49. The fourth-order valence-corrected chi connectivity index (χ4v) is 2.08. The molecule has 0 rings (SSSR count). The number of rotatable bonds is 12. The molecule has 0 atom stereocenters. The van der Waals surface area contributed by atoms with E-state index in [2.05, 4.69) is 25.8 Å². The van der Waals surface area contributed by atoms with Crippen LogP contribution in [0.2, 0.25) is 0 Å². The first-order chi connectivity index (χ1) is 7.81. The van der Waals surface area contributed by atoms with Crippen LogP contribution in [0.5, 0.6) is 0 Å². The van der Waals surface area contributed by atoms with E-state index in [9.17, 15) is 0 Å². The summed E-state index contributed by atoms with van der Waals surface area (Å²) < 4.78 is 0. The quantitative estimate of drug-likeness (QED) is 0.430. The second kappa shape index (κ2) is 13.0. The Morgan fingerprint density at radius 2 is 0.938 bits per heavy atom. The molecule has 0 saturated heterocycles. The van der Waals surface area contributed by atoms with Crippen LogP contribution < -0.4 is 0 Å². The Labute approximate surface area is 104 Å². The number of hydrogen-bond acceptors (Lipinski definition) is 1. The average Bonchev–Trinajstić information content (AvgIpc) is 2.28. The molecule has 0 aromatic heterocycles. The minimum Gasteiger partial charge on any atom is -0.306 e. The molecule has 0 radical (unpaired) electrons. The molecule has 0 aromatic rings. The molecule has 1 nitrogen and oxygen atoms in total. The Morgan fingerprint density at radius 1 is 0.562 bits per heavy atom. The van der Waals surface area contributed by atoms with Crippen molar-refractivity contribution in [2.75, 3.05) is 20.1 Å². The summed E-state index contributed by atoms with van der Waals surface area (Å²) in [6.45, 7) is 7.17. The molecule has 0 unspecified atom stereocenters. The summed E-state index contributed by atoms with van der Waals surface area (Å²) >= 11 is 0. The molecule has 0 fully saturated rings. The molecule has 98 valence electrons. The lowest BCUT2D eigenvalue weighted by atomic mass is 10.1. The summed E-state index contributed by atoms with van der Waals surface area (Å²) in [6.07, 6.45) is 14.0. The monoisotopic (exact) mass is 227 g/mol. The zero-order valence-electron chi connectivity index (χ0n) is 11.9. The van der Waals surface area contributed by atoms with Crippen LogP contribution in [-0.2, 0) is 0 Å². The maximum absolute atomic E-state index is 2.51. The van der Waals surface area contributed by atoms with E-state index in [1.807, 2.05) is 0 Å². The second-order valence-corrected chi connectivity index (χ2v) is 5.13. The van der Waals surface area contributed by atoms with Gasteiger partial charge < -0.3 is 4.90 Å². The van der Waals surface area contributed by atoms with Crippen LogP contribution >= 0.6 is 0 Å². The summed E-state index contributed by atoms with van der Waals surface area (Å²) in [7, 11) is 2.28. The first kappa shape index (κ1) is 16.0. The predicted molar refractivity (Wildman–Crippen MR) is 75.0 cm³/mol. The highest BCUT2D eigenvalue weighted by Crippen LogP contribution is 2.05. The van der Waals surface area contributed by atoms with Crippen LogP contribution in [0.15, 0.2) is 0 Å². The smallest absolute Gasteiger partial charge is 0.00218 e. The molecular weight excluding hydrogens is 194 g/mol. The molecule has 0 N–H and O–H groups in total. The lowest BCUT2D eigenvalue weighted by Crippen LogP contribution is -2.20. The fraction of sp³-hybridized carbons (Fsp3) is 1.00. The van der Waals surface area contributed by atoms with Gasteiger partial charge in [0.05, 0.1) is 0 Å². The van der Waals surface area contributed by atoms with Crippen LogP contribution in [0.25, 0.3) is 0 Å². The zero-order chi connectivity index (χ0) is 12.1. The third-order valence-corrected chi connectivity index (χ3v) is 3.29. The molecule has 0 aromatic carbocycles. The topological polar surface area (TPSA) is 3.24 Å². The third kappa shape index (κ3) is 12.0. The minimum absolute atomic E-state index is 1.30. The van der Waals surface area contributed by atoms with Gasteiger partial charge in [-0.25, -0.2) is 0 Å². The summed E-state index contributed by atoms with van der Waals surface area (Å²) in [5.74, 6) is 0. The van der Waals surface area contributed by atoms with Gasteiger partial charge in [0.2, 0.25) is 0 Å². The van der Waals surface area contributed by atoms with Crippen LogP contribution in [0, 0.1) is 0 Å². The van der Waals surface area contributed by atoms with Gasteiger partial charge in [-0.3, -0.25) is 0 Å². The minimum atomic E-state index is 1.30. The standard InChI is InChI=1S/C15H33N/c1-4-6-8-10-12-14-16(3)15-13-11-9-7-5-2/h4-15H2,1-3H3. The van der Waals surface area contributed by atoms with E-state index >= 15 is 0 Å². The van der Waals surface area contributed by atoms with Crippen molar-refractivity contribution in [1.82, 2.24) is 4.90 Å². The third-order valence-electron chi connectivity index (χ3n) is 3.29. The average molecular weight is 227 g/mol. The van der Waals surface area contributed by atoms with E-state index in [1.54, 1.807) is 0 Å². The number of unbranched alkanes of at least 4 members (excludes halogenated alkanes) is 8. The van der Waals surface area contributed by atoms with Crippen molar-refractivity contribution in [3.05, 3.63) is 0 Å². The molecule has 16 heavy (non-hydrogen) atoms. The maximum atomic E-state index is 2.51. The Kier molecular flexibility index (Phi) is 13.0. The van der Waals surface area contributed by atoms with Crippen molar-refractivity contribution in [2.24, 2.45) is 0 Å². The molecule has 0 aliphatic rings. The maximum Gasteiger partial charge on any atom is -0.00218 e. The summed E-state index contributed by atoms with van der Waals surface area (Å²) in [6, 6.07) is 0. The highest BCUT2D eigenvalue weighted by molar-refractivity contribution is 4.53. The fourth-order valence-electron chi connectivity index (χ4n) is 2.08. The van der Waals surface area contributed by atoms with Crippen molar-refractivity contribution in [3.8, 4) is 0 Å². The number of hydrogen-bond donors (Lipinski definition) is 0. The van der Waals surface area contributed by atoms with E-state index in [-0.39, 0.29) is 0 Å². The molecule has 0 heterocycles. The summed E-state index contributed by atoms with van der Waals surface area (Å²) in [4.78, 5) is 2.51. The van der Waals surface area contributed by atoms with Crippen molar-refractivity contribution in [3.63, 3.8) is 0 Å². The summed E-state index contributed by atoms with van der Waals surface area (Å²) in [5.41, 5.74) is 0. The highest BCUT2D eigenvalue weighted by atomic mass is 15.1. The van der Waals surface area contributed by atoms with Crippen molar-refractivity contribution in [2.45, 2.75) is 78.1 Å². The van der Waals surface area contributed by atoms with E-state index in [0.717, 1.165) is 0 Å². The lowest BCUT2D eigenvalue weighted by molar-refractivity contribution is 0.314. The van der Waals surface area contributed by atoms with Crippen LogP contribution in [0.1, 0.15) is 78.1 Å². The molecule has 0 bridgehead atoms. The molecule has 1 heteroatoms. The SMILES string of the molecule is CCCCCCCN(C)CCCCCCC. The molecular formula is C15H33N. The van der Waals surface area contributed by atoms with Gasteiger partial charge in [0.1, 0.15) is 0 Å². The van der Waals surface area contributed by atoms with Gasteiger partial charge in [-0.1, -0.05) is 65.2 Å². The highest BCUT2D eigenvalue weighted by Gasteiger charge is 1.97. The Balaban J connectivity index is 3.09. The van der Waals surface area contributed by atoms with Crippen molar-refractivity contribution >= 4 is 0 Å². The van der Waals surface area contributed by atoms with Gasteiger partial charge >= 0.3 is 0 Å². The van der Waals surface area contributed by atoms with Crippen molar-refractivity contribution in [1.29, 1.82) is 0 Å². The molecule has 0 saturated carbocycles. The van der Waals surface area contributed by atoms with Gasteiger partial charge in [-0.2, -0.15) is 0 Å². The van der Waals surface area contributed by atoms with Gasteiger partial charge in [0, 0.05) is 0 Å². The molecule has 0 aliphatic heterocycles. The molecule has 0 spiro atoms. The van der Waals surface area contributed by atoms with E-state index in [0.29, 0.717) is 0 Å². The predicted octanol–water partition coefficient (Wildman–Crippen LogP) is 4.86. The van der Waals surface area contributed by atoms with Gasteiger partial charge in [0.15, 0.2) is 0 Å². The molecule has 0 aliphatic carbocycles. The number of nitrogens with zero attached hydrogens (tertiary/aromatic N) is 1. The van der Waals surface area contributed by atoms with E-state index in [4.69, 9.17) is 0 Å². The van der Waals surface area contributed by atoms with Crippen molar-refractivity contribution < 1.29 is 0 Å². The first-order valence-electron chi connectivity index (χ1n) is 7.49. The van der Waals surface area contributed by atoms with Gasteiger partial charge in [-0.05, 0) is 33.0 Å². The van der Waals surface area contributed by atoms with E-state index in [1.165, 1.54) is 77.3 Å². The van der Waals surface area contributed by atoms with Gasteiger partial charge in [0.25, 0.3) is 0 Å². The zero-order valence-corrected chi connectivity index (χ0v) is 11.9. The van der Waals surface area contributed by atoms with Crippen LogP contribution in [0.3, 0.4) is 0 Å². The normalized spacial score (nSPS) is 11.2. The van der Waals surface area contributed by atoms with Crippen LogP contribution in [-0.4, -0.2) is 25.0 Å². The Hall–Kier alpha value is -0.0400. The second-order valence-electron chi connectivity index (χ2n) is 5.13. The van der Waals surface area contributed by atoms with Crippen LogP contribution in [0.4, 0.5) is 0 Å². The van der Waals surface area contributed by atoms with Gasteiger partial charge in [-0.15, -0.1) is 0 Å².